The Morgan fingerprint density at radius 2 is 1.81 bits per heavy atom. The van der Waals surface area contributed by atoms with Crippen LogP contribution in [0.25, 0.3) is 0 Å². The maximum absolute atomic E-state index is 10.2. The molecule has 0 aromatic heterocycles. The van der Waals surface area contributed by atoms with Crippen LogP contribution in [0.4, 0.5) is 5.69 Å². The zero-order valence-electron chi connectivity index (χ0n) is 13.6. The van der Waals surface area contributed by atoms with E-state index in [-0.39, 0.29) is 6.10 Å². The predicted molar refractivity (Wildman–Crippen MR) is 88.9 cm³/mol. The summed E-state index contributed by atoms with van der Waals surface area (Å²) in [5.41, 5.74) is 2.28. The molecule has 1 aliphatic heterocycles. The fourth-order valence-corrected chi connectivity index (χ4v) is 2.83. The normalized spacial score (nSPS) is 18.2. The Kier molecular flexibility index (Phi) is 6.03. The maximum Gasteiger partial charge on any atom is 0.0807 e. The lowest BCUT2D eigenvalue weighted by molar-refractivity contribution is 0.173. The topological polar surface area (TPSA) is 30.0 Å². The van der Waals surface area contributed by atoms with Gasteiger partial charge in [-0.15, -0.1) is 0 Å². The fraction of sp³-hybridized carbons (Fsp3) is 0.647. The van der Waals surface area contributed by atoms with E-state index in [1.54, 1.807) is 0 Å². The van der Waals surface area contributed by atoms with Crippen LogP contribution < -0.4 is 4.90 Å². The number of aliphatic hydroxyl groups excluding tert-OH is 1. The summed E-state index contributed by atoms with van der Waals surface area (Å²) in [5, 5.41) is 10.2. The Morgan fingerprint density at radius 1 is 1.14 bits per heavy atom. The number of benzene rings is 1. The molecule has 0 bridgehead atoms. The minimum absolute atomic E-state index is 0.354. The first-order chi connectivity index (χ1) is 10.1. The second-order valence-corrected chi connectivity index (χ2v) is 6.11. The lowest BCUT2D eigenvalue weighted by Crippen LogP contribution is -2.48. The molecule has 1 atom stereocenters. The van der Waals surface area contributed by atoms with Gasteiger partial charge in [-0.2, -0.15) is 0 Å². The Hall–Kier alpha value is -1.10. The number of para-hydroxylation sites is 1. The highest BCUT2D eigenvalue weighted by Crippen LogP contribution is 2.28. The highest BCUT2D eigenvalue weighted by molar-refractivity contribution is 5.55. The Bertz CT molecular complexity index is 428. The molecule has 1 heterocycles. The molecule has 1 N–H and O–H groups in total. The van der Waals surface area contributed by atoms with Crippen LogP contribution in [0.5, 0.6) is 0 Å². The average Bonchev–Trinajstić information content (AvgIpc) is 2.52. The van der Waals surface area contributed by atoms with Crippen molar-refractivity contribution in [3.8, 4) is 0 Å². The van der Waals surface area contributed by atoms with Gasteiger partial charge in [0.15, 0.2) is 0 Å². The second kappa shape index (κ2) is 7.78. The molecular weight excluding hydrogens is 262 g/mol. The van der Waals surface area contributed by atoms with E-state index < -0.39 is 0 Å². The van der Waals surface area contributed by atoms with Gasteiger partial charge in [-0.25, -0.2) is 0 Å². The van der Waals surface area contributed by atoms with Gasteiger partial charge in [-0.05, 0) is 26.6 Å². The molecule has 1 fully saturated rings. The molecule has 4 nitrogen and oxygen atoms in total. The van der Waals surface area contributed by atoms with Crippen molar-refractivity contribution in [3.63, 3.8) is 0 Å². The van der Waals surface area contributed by atoms with Crippen LogP contribution in [-0.4, -0.2) is 68.3 Å². The van der Waals surface area contributed by atoms with Gasteiger partial charge in [0.1, 0.15) is 0 Å². The molecule has 1 unspecified atom stereocenters. The van der Waals surface area contributed by atoms with Gasteiger partial charge in [-0.3, -0.25) is 4.90 Å². The molecule has 1 aromatic carbocycles. The number of anilines is 1. The molecule has 21 heavy (non-hydrogen) atoms. The number of hydrogen-bond acceptors (Lipinski definition) is 4. The van der Waals surface area contributed by atoms with Gasteiger partial charge >= 0.3 is 0 Å². The summed E-state index contributed by atoms with van der Waals surface area (Å²) in [4.78, 5) is 7.18. The third-order valence-corrected chi connectivity index (χ3v) is 4.26. The second-order valence-electron chi connectivity index (χ2n) is 6.11. The van der Waals surface area contributed by atoms with Crippen LogP contribution in [0, 0.1) is 0 Å². The molecule has 2 rings (SSSR count). The molecular formula is C17H29N3O. The first-order valence-corrected chi connectivity index (χ1v) is 8.00. The summed E-state index contributed by atoms with van der Waals surface area (Å²) in [6.07, 6.45) is 0.410. The minimum atomic E-state index is -0.354. The van der Waals surface area contributed by atoms with E-state index in [0.29, 0.717) is 0 Å². The van der Waals surface area contributed by atoms with Crippen LogP contribution in [0.1, 0.15) is 25.0 Å². The van der Waals surface area contributed by atoms with Crippen molar-refractivity contribution in [2.75, 3.05) is 58.3 Å². The van der Waals surface area contributed by atoms with Crippen molar-refractivity contribution in [3.05, 3.63) is 29.8 Å². The number of aliphatic hydroxyl groups is 1. The van der Waals surface area contributed by atoms with E-state index in [2.05, 4.69) is 47.0 Å². The smallest absolute Gasteiger partial charge is 0.0807 e. The van der Waals surface area contributed by atoms with E-state index in [4.69, 9.17) is 0 Å². The first kappa shape index (κ1) is 16.3. The monoisotopic (exact) mass is 291 g/mol. The number of likely N-dealkylation sites (N-methyl/N-ethyl adjacent to an activating group) is 1. The molecule has 118 valence electrons. The number of nitrogens with zero attached hydrogens (tertiary/aromatic N) is 3. The molecule has 1 aliphatic rings. The van der Waals surface area contributed by atoms with Gasteiger partial charge in [0.05, 0.1) is 6.10 Å². The summed E-state index contributed by atoms with van der Waals surface area (Å²) in [6, 6.07) is 8.29. The van der Waals surface area contributed by atoms with E-state index >= 15 is 0 Å². The highest BCUT2D eigenvalue weighted by Gasteiger charge is 2.20. The Morgan fingerprint density at radius 3 is 2.43 bits per heavy atom. The maximum atomic E-state index is 10.2. The molecule has 0 amide bonds. The van der Waals surface area contributed by atoms with Crippen molar-refractivity contribution >= 4 is 5.69 Å². The van der Waals surface area contributed by atoms with Crippen LogP contribution in [0.3, 0.4) is 0 Å². The quantitative estimate of drug-likeness (QED) is 0.866. The summed E-state index contributed by atoms with van der Waals surface area (Å²) >= 11 is 0. The summed E-state index contributed by atoms with van der Waals surface area (Å²) in [5.74, 6) is 0. The molecule has 0 radical (unpaired) electrons. The van der Waals surface area contributed by atoms with Crippen molar-refractivity contribution in [2.24, 2.45) is 0 Å². The molecule has 1 aromatic rings. The Labute approximate surface area is 129 Å². The molecule has 0 spiro atoms. The highest BCUT2D eigenvalue weighted by atomic mass is 16.3. The number of piperazine rings is 1. The zero-order chi connectivity index (χ0) is 15.2. The minimum Gasteiger partial charge on any atom is -0.388 e. The van der Waals surface area contributed by atoms with E-state index in [0.717, 1.165) is 51.3 Å². The van der Waals surface area contributed by atoms with Crippen LogP contribution in [0.15, 0.2) is 24.3 Å². The van der Waals surface area contributed by atoms with E-state index in [1.165, 1.54) is 5.69 Å². The molecule has 0 aliphatic carbocycles. The summed E-state index contributed by atoms with van der Waals surface area (Å²) in [7, 11) is 4.25. The number of hydrogen-bond donors (Lipinski definition) is 1. The van der Waals surface area contributed by atoms with Gasteiger partial charge < -0.3 is 14.9 Å². The van der Waals surface area contributed by atoms with Gasteiger partial charge in [0.2, 0.25) is 0 Å². The largest absolute Gasteiger partial charge is 0.388 e. The van der Waals surface area contributed by atoms with Crippen molar-refractivity contribution in [2.45, 2.75) is 19.4 Å². The number of rotatable bonds is 6. The van der Waals surface area contributed by atoms with Gasteiger partial charge in [0.25, 0.3) is 0 Å². The zero-order valence-corrected chi connectivity index (χ0v) is 13.6. The van der Waals surface area contributed by atoms with Crippen LogP contribution in [-0.2, 0) is 0 Å². The Balaban J connectivity index is 1.96. The van der Waals surface area contributed by atoms with Crippen molar-refractivity contribution < 1.29 is 5.11 Å². The lowest BCUT2D eigenvalue weighted by Gasteiger charge is -2.37. The third-order valence-electron chi connectivity index (χ3n) is 4.26. The van der Waals surface area contributed by atoms with Crippen LogP contribution in [0.2, 0.25) is 0 Å². The molecule has 1 saturated heterocycles. The molecule has 0 saturated carbocycles. The van der Waals surface area contributed by atoms with E-state index in [9.17, 15) is 5.11 Å². The SMILES string of the molecule is CCC(O)c1ccccc1N1CCN(CCN(C)C)CC1. The van der Waals surface area contributed by atoms with Crippen molar-refractivity contribution in [1.29, 1.82) is 0 Å². The standard InChI is InChI=1S/C17H29N3O/c1-4-17(21)15-7-5-6-8-16(15)20-13-11-19(12-14-20)10-9-18(2)3/h5-8,17,21H,4,9-14H2,1-3H3. The van der Waals surface area contributed by atoms with Crippen molar-refractivity contribution in [1.82, 2.24) is 9.80 Å². The fourth-order valence-electron chi connectivity index (χ4n) is 2.83. The van der Waals surface area contributed by atoms with Gasteiger partial charge in [0, 0.05) is 50.5 Å². The summed E-state index contributed by atoms with van der Waals surface area (Å²) < 4.78 is 0. The third kappa shape index (κ3) is 4.43. The van der Waals surface area contributed by atoms with E-state index in [1.807, 2.05) is 13.0 Å². The average molecular weight is 291 g/mol. The lowest BCUT2D eigenvalue weighted by atomic mass is 10.0. The molecule has 4 heteroatoms. The van der Waals surface area contributed by atoms with Crippen LogP contribution >= 0.6 is 0 Å². The first-order valence-electron chi connectivity index (χ1n) is 8.00. The van der Waals surface area contributed by atoms with Gasteiger partial charge in [-0.1, -0.05) is 25.1 Å². The predicted octanol–water partition coefficient (Wildman–Crippen LogP) is 1.81. The summed E-state index contributed by atoms with van der Waals surface area (Å²) in [6.45, 7) is 8.57.